The van der Waals surface area contributed by atoms with Gasteiger partial charge >= 0.3 is 5.97 Å². The van der Waals surface area contributed by atoms with Gasteiger partial charge in [0.05, 0.1) is 0 Å². The van der Waals surface area contributed by atoms with Gasteiger partial charge in [-0.3, -0.25) is 9.59 Å². The van der Waals surface area contributed by atoms with Crippen LogP contribution in [0, 0.1) is 12.8 Å². The summed E-state index contributed by atoms with van der Waals surface area (Å²) in [6.45, 7) is 5.77. The molecule has 9 heteroatoms. The Hall–Kier alpha value is -2.65. The lowest BCUT2D eigenvalue weighted by molar-refractivity contribution is -0.135. The average Bonchev–Trinajstić information content (AvgIpc) is 3.53. The number of carbonyl (C=O) groups is 2. The van der Waals surface area contributed by atoms with E-state index in [0.29, 0.717) is 11.4 Å². The summed E-state index contributed by atoms with van der Waals surface area (Å²) in [4.78, 5) is 35.0. The van der Waals surface area contributed by atoms with Gasteiger partial charge in [-0.05, 0) is 67.8 Å². The molecule has 8 nitrogen and oxygen atoms in total. The molecule has 1 saturated carbocycles. The van der Waals surface area contributed by atoms with E-state index in [9.17, 15) is 9.59 Å². The minimum Gasteiger partial charge on any atom is -0.480 e. The fraction of sp³-hybridized carbons (Fsp3) is 0.429. The Morgan fingerprint density at radius 3 is 2.73 bits per heavy atom. The van der Waals surface area contributed by atoms with E-state index in [-0.39, 0.29) is 12.5 Å². The van der Waals surface area contributed by atoms with Crippen LogP contribution in [0.15, 0.2) is 35.5 Å². The predicted molar refractivity (Wildman–Crippen MR) is 118 cm³/mol. The number of hydrogen-bond acceptors (Lipinski definition) is 7. The summed E-state index contributed by atoms with van der Waals surface area (Å²) in [5, 5.41) is 11.6. The molecule has 30 heavy (non-hydrogen) atoms. The van der Waals surface area contributed by atoms with Gasteiger partial charge in [0.25, 0.3) is 5.91 Å². The first-order valence-electron chi connectivity index (χ1n) is 10.1. The lowest BCUT2D eigenvalue weighted by Gasteiger charge is -2.23. The molecule has 1 aliphatic carbocycles. The molecule has 1 aliphatic rings. The fourth-order valence-corrected chi connectivity index (χ4v) is 3.77. The molecule has 1 amide bonds. The third-order valence-electron chi connectivity index (χ3n) is 4.74. The third-order valence-corrected chi connectivity index (χ3v) is 5.52. The van der Waals surface area contributed by atoms with Crippen LogP contribution in [0.25, 0.3) is 0 Å². The number of nitrogens with one attached hydrogen (secondary N) is 2. The van der Waals surface area contributed by atoms with Crippen LogP contribution in [0.5, 0.6) is 0 Å². The van der Waals surface area contributed by atoms with Gasteiger partial charge in [0.1, 0.15) is 24.4 Å². The largest absolute Gasteiger partial charge is 0.480 e. The Morgan fingerprint density at radius 1 is 1.27 bits per heavy atom. The molecule has 3 rings (SSSR count). The lowest BCUT2D eigenvalue weighted by atomic mass is 10.2. The van der Waals surface area contributed by atoms with Gasteiger partial charge in [0, 0.05) is 29.7 Å². The number of carbonyl (C=O) groups excluding carboxylic acids is 1. The smallest absolute Gasteiger partial charge is 0.318 e. The van der Waals surface area contributed by atoms with Crippen molar-refractivity contribution in [2.45, 2.75) is 38.0 Å². The van der Waals surface area contributed by atoms with Crippen LogP contribution in [-0.4, -0.2) is 46.6 Å². The summed E-state index contributed by atoms with van der Waals surface area (Å²) in [6, 6.07) is 7.27. The Bertz CT molecular complexity index is 904. The predicted octanol–water partition coefficient (Wildman–Crippen LogP) is 3.35. The monoisotopic (exact) mass is 429 g/mol. The summed E-state index contributed by atoms with van der Waals surface area (Å²) >= 11 is 1.24. The first kappa shape index (κ1) is 22.0. The Kier molecular flexibility index (Phi) is 7.64. The normalized spacial score (nSPS) is 13.1. The molecule has 2 aromatic rings. The third kappa shape index (κ3) is 6.43. The highest BCUT2D eigenvalue weighted by atomic mass is 32.2. The molecule has 1 fully saturated rings. The van der Waals surface area contributed by atoms with Crippen LogP contribution < -0.4 is 14.9 Å². The maximum Gasteiger partial charge on any atom is 0.318 e. The zero-order chi connectivity index (χ0) is 21.5. The number of aromatic nitrogens is 2. The second kappa shape index (κ2) is 10.4. The zero-order valence-electron chi connectivity index (χ0n) is 17.2. The highest BCUT2D eigenvalue weighted by molar-refractivity contribution is 7.97. The van der Waals surface area contributed by atoms with Crippen molar-refractivity contribution in [3.63, 3.8) is 0 Å². The molecule has 0 spiro atoms. The van der Waals surface area contributed by atoms with E-state index in [0.717, 1.165) is 41.7 Å². The second-order valence-corrected chi connectivity index (χ2v) is 8.36. The van der Waals surface area contributed by atoms with E-state index in [1.165, 1.54) is 31.1 Å². The SMILES string of the molecule is CCCN(CC1CC1)c1cc(C(=O)Nc2ccc(SNCC(=O)O)cc2C)ncn1. The summed E-state index contributed by atoms with van der Waals surface area (Å²) in [6.07, 6.45) is 4.99. The molecular weight excluding hydrogens is 402 g/mol. The number of amides is 1. The number of nitrogens with zero attached hydrogens (tertiary/aromatic N) is 3. The van der Waals surface area contributed by atoms with E-state index < -0.39 is 5.97 Å². The fourth-order valence-electron chi connectivity index (χ4n) is 3.03. The van der Waals surface area contributed by atoms with E-state index in [1.54, 1.807) is 12.1 Å². The highest BCUT2D eigenvalue weighted by Crippen LogP contribution is 2.31. The summed E-state index contributed by atoms with van der Waals surface area (Å²) in [7, 11) is 0. The number of hydrogen-bond donors (Lipinski definition) is 3. The van der Waals surface area contributed by atoms with E-state index in [2.05, 4.69) is 31.8 Å². The summed E-state index contributed by atoms with van der Waals surface area (Å²) in [5.74, 6) is 0.320. The molecule has 1 heterocycles. The topological polar surface area (TPSA) is 107 Å². The molecule has 160 valence electrons. The Morgan fingerprint density at radius 2 is 2.07 bits per heavy atom. The van der Waals surface area contributed by atoms with Crippen molar-refractivity contribution in [1.29, 1.82) is 0 Å². The number of carboxylic acids is 1. The number of anilines is 2. The van der Waals surface area contributed by atoms with E-state index >= 15 is 0 Å². The molecule has 0 atom stereocenters. The average molecular weight is 430 g/mol. The number of aliphatic carboxylic acids is 1. The first-order valence-corrected chi connectivity index (χ1v) is 10.9. The van der Waals surface area contributed by atoms with Crippen molar-refractivity contribution in [3.8, 4) is 0 Å². The van der Waals surface area contributed by atoms with Crippen LogP contribution in [0.2, 0.25) is 0 Å². The first-order chi connectivity index (χ1) is 14.5. The van der Waals surface area contributed by atoms with Gasteiger partial charge in [-0.25, -0.2) is 14.7 Å². The molecule has 1 aromatic carbocycles. The van der Waals surface area contributed by atoms with Gasteiger partial charge in [-0.2, -0.15) is 0 Å². The van der Waals surface area contributed by atoms with Crippen LogP contribution in [0.4, 0.5) is 11.5 Å². The van der Waals surface area contributed by atoms with Crippen molar-refractivity contribution in [1.82, 2.24) is 14.7 Å². The van der Waals surface area contributed by atoms with Gasteiger partial charge in [-0.1, -0.05) is 6.92 Å². The van der Waals surface area contributed by atoms with Crippen LogP contribution >= 0.6 is 11.9 Å². The van der Waals surface area contributed by atoms with Gasteiger partial charge in [0.15, 0.2) is 0 Å². The van der Waals surface area contributed by atoms with Crippen LogP contribution in [0.3, 0.4) is 0 Å². The van der Waals surface area contributed by atoms with E-state index in [4.69, 9.17) is 5.11 Å². The molecule has 0 unspecified atom stereocenters. The molecule has 0 bridgehead atoms. The van der Waals surface area contributed by atoms with Crippen molar-refractivity contribution in [3.05, 3.63) is 41.9 Å². The highest BCUT2D eigenvalue weighted by Gasteiger charge is 2.25. The zero-order valence-corrected chi connectivity index (χ0v) is 18.0. The summed E-state index contributed by atoms with van der Waals surface area (Å²) < 4.78 is 2.77. The molecular formula is C21H27N5O3S. The summed E-state index contributed by atoms with van der Waals surface area (Å²) in [5.41, 5.74) is 1.89. The van der Waals surface area contributed by atoms with Gasteiger partial charge in [-0.15, -0.1) is 0 Å². The molecule has 0 radical (unpaired) electrons. The van der Waals surface area contributed by atoms with Gasteiger partial charge < -0.3 is 15.3 Å². The number of rotatable bonds is 11. The quantitative estimate of drug-likeness (QED) is 0.467. The standard InChI is InChI=1S/C21H27N5O3S/c1-3-8-26(12-15-4-5-15)19-10-18(22-13-23-19)21(29)25-17-7-6-16(9-14(17)2)30-24-11-20(27)28/h6-7,9-10,13,15,24H,3-5,8,11-12H2,1-2H3,(H,25,29)(H,27,28). The van der Waals surface area contributed by atoms with Gasteiger partial charge in [0.2, 0.25) is 0 Å². The minimum atomic E-state index is -0.915. The minimum absolute atomic E-state index is 0.131. The van der Waals surface area contributed by atoms with Crippen LogP contribution in [-0.2, 0) is 4.79 Å². The maximum absolute atomic E-state index is 12.8. The Balaban J connectivity index is 1.66. The van der Waals surface area contributed by atoms with Crippen molar-refractivity contribution in [2.75, 3.05) is 29.9 Å². The number of carboxylic acid groups (broad SMARTS) is 1. The lowest BCUT2D eigenvalue weighted by Crippen LogP contribution is -2.28. The van der Waals surface area contributed by atoms with E-state index in [1.807, 2.05) is 19.1 Å². The van der Waals surface area contributed by atoms with Crippen molar-refractivity contribution >= 4 is 35.3 Å². The molecule has 3 N–H and O–H groups in total. The van der Waals surface area contributed by atoms with Crippen molar-refractivity contribution < 1.29 is 14.7 Å². The maximum atomic E-state index is 12.8. The molecule has 0 aliphatic heterocycles. The second-order valence-electron chi connectivity index (χ2n) is 7.40. The van der Waals surface area contributed by atoms with Crippen molar-refractivity contribution in [2.24, 2.45) is 5.92 Å². The Labute approximate surface area is 180 Å². The van der Waals surface area contributed by atoms with Crippen LogP contribution in [0.1, 0.15) is 42.2 Å². The molecule has 1 aromatic heterocycles. The number of benzene rings is 1. The molecule has 0 saturated heterocycles. The number of aryl methyl sites for hydroxylation is 1.